The van der Waals surface area contributed by atoms with Gasteiger partial charge in [0.2, 0.25) is 0 Å². The molecule has 0 aliphatic rings. The van der Waals surface area contributed by atoms with Gasteiger partial charge in [0.15, 0.2) is 0 Å². The van der Waals surface area contributed by atoms with Crippen molar-refractivity contribution >= 4 is 39.3 Å². The average molecular weight is 389 g/mol. The van der Waals surface area contributed by atoms with Gasteiger partial charge >= 0.3 is 5.97 Å². The van der Waals surface area contributed by atoms with Gasteiger partial charge in [0.25, 0.3) is 0 Å². The number of aromatic nitrogens is 2. The number of thiophene rings is 1. The molecule has 0 radical (unpaired) electrons. The molecule has 0 saturated carbocycles. The van der Waals surface area contributed by atoms with Crippen LogP contribution in [0.5, 0.6) is 5.75 Å². The number of para-hydroxylation sites is 1. The molecule has 0 spiro atoms. The molecule has 0 saturated heterocycles. The molecule has 3 aromatic rings. The lowest BCUT2D eigenvalue weighted by Crippen LogP contribution is -2.14. The van der Waals surface area contributed by atoms with E-state index in [0.29, 0.717) is 6.61 Å². The predicted molar refractivity (Wildman–Crippen MR) is 105 cm³/mol. The van der Waals surface area contributed by atoms with E-state index in [1.165, 1.54) is 22.2 Å². The van der Waals surface area contributed by atoms with Crippen molar-refractivity contribution in [1.29, 1.82) is 0 Å². The number of hydrogen-bond acceptors (Lipinski definition) is 7. The van der Waals surface area contributed by atoms with Gasteiger partial charge in [-0.15, -0.1) is 11.3 Å². The Morgan fingerprint density at radius 2 is 1.96 bits per heavy atom. The Morgan fingerprint density at radius 3 is 2.77 bits per heavy atom. The lowest BCUT2D eigenvalue weighted by Gasteiger charge is -2.09. The van der Waals surface area contributed by atoms with E-state index in [9.17, 15) is 4.79 Å². The van der Waals surface area contributed by atoms with Crippen molar-refractivity contribution in [3.63, 3.8) is 0 Å². The summed E-state index contributed by atoms with van der Waals surface area (Å²) >= 11 is 3.03. The van der Waals surface area contributed by atoms with Crippen LogP contribution in [-0.2, 0) is 9.53 Å². The molecular weight excluding hydrogens is 368 g/mol. The van der Waals surface area contributed by atoms with E-state index in [1.54, 1.807) is 17.7 Å². The molecule has 0 amide bonds. The van der Waals surface area contributed by atoms with Gasteiger partial charge in [-0.2, -0.15) is 0 Å². The smallest absolute Gasteiger partial charge is 0.316 e. The zero-order valence-corrected chi connectivity index (χ0v) is 16.6. The molecule has 0 atom stereocenters. The van der Waals surface area contributed by atoms with Crippen LogP contribution in [-0.4, -0.2) is 34.9 Å². The molecule has 0 aliphatic heterocycles. The van der Waals surface area contributed by atoms with E-state index in [2.05, 4.69) is 23.8 Å². The van der Waals surface area contributed by atoms with Crippen LogP contribution in [0.15, 0.2) is 35.6 Å². The van der Waals surface area contributed by atoms with Gasteiger partial charge in [-0.25, -0.2) is 9.97 Å². The molecule has 1 aromatic carbocycles. The Morgan fingerprint density at radius 1 is 1.15 bits per heavy atom. The normalized spacial score (nSPS) is 10.9. The van der Waals surface area contributed by atoms with Gasteiger partial charge in [-0.05, 0) is 38.0 Å². The summed E-state index contributed by atoms with van der Waals surface area (Å²) in [5.74, 6) is 0.745. The predicted octanol–water partition coefficient (Wildman–Crippen LogP) is 4.33. The Balaban J connectivity index is 1.48. The number of carbonyl (C=O) groups excluding carboxylic acids is 1. The van der Waals surface area contributed by atoms with Crippen molar-refractivity contribution in [3.05, 3.63) is 46.6 Å². The number of thioether (sulfide) groups is 1. The van der Waals surface area contributed by atoms with Gasteiger partial charge in [0, 0.05) is 10.3 Å². The quantitative estimate of drug-likeness (QED) is 0.260. The van der Waals surface area contributed by atoms with E-state index in [0.717, 1.165) is 26.6 Å². The van der Waals surface area contributed by atoms with Crippen LogP contribution in [0, 0.1) is 20.8 Å². The van der Waals surface area contributed by atoms with Crippen LogP contribution >= 0.6 is 23.1 Å². The number of ether oxygens (including phenoxy) is 2. The third-order valence-corrected chi connectivity index (χ3v) is 6.03. The minimum Gasteiger partial charge on any atom is -0.490 e. The van der Waals surface area contributed by atoms with Crippen LogP contribution in [0.1, 0.15) is 16.0 Å². The van der Waals surface area contributed by atoms with Crippen molar-refractivity contribution in [2.24, 2.45) is 0 Å². The maximum Gasteiger partial charge on any atom is 0.316 e. The Labute approximate surface area is 160 Å². The topological polar surface area (TPSA) is 61.3 Å². The number of benzene rings is 1. The first-order valence-corrected chi connectivity index (χ1v) is 10.0. The van der Waals surface area contributed by atoms with E-state index in [1.807, 2.05) is 31.2 Å². The van der Waals surface area contributed by atoms with Crippen molar-refractivity contribution in [3.8, 4) is 5.75 Å². The highest BCUT2D eigenvalue weighted by Gasteiger charge is 2.14. The number of carbonyl (C=O) groups is 1. The number of nitrogens with zero attached hydrogens (tertiary/aromatic N) is 2. The molecular formula is C19H20N2O3S2. The van der Waals surface area contributed by atoms with E-state index < -0.39 is 0 Å². The molecule has 5 nitrogen and oxygen atoms in total. The standard InChI is InChI=1S/C19H20N2O3S2/c1-12-6-4-5-7-15(12)23-8-9-24-16(22)10-25-18-17-13(2)14(3)26-19(17)21-11-20-18/h4-7,11H,8-10H2,1-3H3. The summed E-state index contributed by atoms with van der Waals surface area (Å²) in [4.78, 5) is 22.8. The molecule has 7 heteroatoms. The van der Waals surface area contributed by atoms with Gasteiger partial charge in [0.05, 0.1) is 5.75 Å². The lowest BCUT2D eigenvalue weighted by atomic mass is 10.2. The summed E-state index contributed by atoms with van der Waals surface area (Å²) in [6.07, 6.45) is 1.54. The zero-order chi connectivity index (χ0) is 18.5. The zero-order valence-electron chi connectivity index (χ0n) is 14.9. The third kappa shape index (κ3) is 4.34. The molecule has 0 N–H and O–H groups in total. The van der Waals surface area contributed by atoms with Crippen molar-refractivity contribution < 1.29 is 14.3 Å². The fourth-order valence-electron chi connectivity index (χ4n) is 2.45. The number of hydrogen-bond donors (Lipinski definition) is 0. The van der Waals surface area contributed by atoms with Crippen LogP contribution in [0.3, 0.4) is 0 Å². The molecule has 0 bridgehead atoms. The second-order valence-electron chi connectivity index (χ2n) is 5.77. The maximum atomic E-state index is 12.0. The Bertz CT molecular complexity index is 924. The number of fused-ring (bicyclic) bond motifs is 1. The Kier molecular flexibility index (Phi) is 6.11. The van der Waals surface area contributed by atoms with Crippen molar-refractivity contribution in [2.75, 3.05) is 19.0 Å². The van der Waals surface area contributed by atoms with Gasteiger partial charge in [-0.1, -0.05) is 30.0 Å². The lowest BCUT2D eigenvalue weighted by molar-refractivity contribution is -0.141. The molecule has 2 aromatic heterocycles. The minimum absolute atomic E-state index is 0.213. The Hall–Kier alpha value is -2.12. The van der Waals surface area contributed by atoms with Crippen molar-refractivity contribution in [1.82, 2.24) is 9.97 Å². The van der Waals surface area contributed by atoms with Crippen LogP contribution < -0.4 is 4.74 Å². The molecule has 2 heterocycles. The highest BCUT2D eigenvalue weighted by atomic mass is 32.2. The summed E-state index contributed by atoms with van der Waals surface area (Å²) in [5, 5.41) is 1.86. The van der Waals surface area contributed by atoms with Crippen LogP contribution in [0.4, 0.5) is 0 Å². The number of rotatable bonds is 7. The highest BCUT2D eigenvalue weighted by Crippen LogP contribution is 2.34. The molecule has 0 unspecified atom stereocenters. The fourth-order valence-corrected chi connectivity index (χ4v) is 4.37. The SMILES string of the molecule is Cc1ccccc1OCCOC(=O)CSc1ncnc2sc(C)c(C)c12. The molecule has 136 valence electrons. The summed E-state index contributed by atoms with van der Waals surface area (Å²) in [6.45, 7) is 6.67. The second-order valence-corrected chi connectivity index (χ2v) is 7.93. The summed E-state index contributed by atoms with van der Waals surface area (Å²) < 4.78 is 10.9. The molecule has 0 aliphatic carbocycles. The van der Waals surface area contributed by atoms with Crippen LogP contribution in [0.2, 0.25) is 0 Å². The van der Waals surface area contributed by atoms with Gasteiger partial charge in [0.1, 0.15) is 35.1 Å². The van der Waals surface area contributed by atoms with E-state index in [4.69, 9.17) is 9.47 Å². The number of aryl methyl sites for hydroxylation is 3. The molecule has 26 heavy (non-hydrogen) atoms. The monoisotopic (exact) mass is 388 g/mol. The van der Waals surface area contributed by atoms with E-state index >= 15 is 0 Å². The van der Waals surface area contributed by atoms with Crippen molar-refractivity contribution in [2.45, 2.75) is 25.8 Å². The van der Waals surface area contributed by atoms with Gasteiger partial charge < -0.3 is 9.47 Å². The first kappa shape index (κ1) is 18.7. The maximum absolute atomic E-state index is 12.0. The van der Waals surface area contributed by atoms with E-state index in [-0.39, 0.29) is 18.3 Å². The molecule has 3 rings (SSSR count). The first-order valence-electron chi connectivity index (χ1n) is 8.24. The van der Waals surface area contributed by atoms with Gasteiger partial charge in [-0.3, -0.25) is 4.79 Å². The summed E-state index contributed by atoms with van der Waals surface area (Å²) in [6, 6.07) is 7.76. The first-order chi connectivity index (χ1) is 12.6. The number of esters is 1. The second kappa shape index (κ2) is 8.51. The summed E-state index contributed by atoms with van der Waals surface area (Å²) in [5.41, 5.74) is 2.23. The average Bonchev–Trinajstić information content (AvgIpc) is 2.93. The third-order valence-electron chi connectivity index (χ3n) is 3.95. The fraction of sp³-hybridized carbons (Fsp3) is 0.316. The van der Waals surface area contributed by atoms with Crippen LogP contribution in [0.25, 0.3) is 10.2 Å². The largest absolute Gasteiger partial charge is 0.490 e. The highest BCUT2D eigenvalue weighted by molar-refractivity contribution is 8.00. The summed E-state index contributed by atoms with van der Waals surface area (Å²) in [7, 11) is 0. The minimum atomic E-state index is -0.278. The molecule has 0 fully saturated rings.